The molecule has 0 N–H and O–H groups in total. The first kappa shape index (κ1) is 24.0. The van der Waals surface area contributed by atoms with Crippen LogP contribution in [0.25, 0.3) is 0 Å². The third kappa shape index (κ3) is 16.8. The Morgan fingerprint density at radius 2 is 0.833 bits per heavy atom. The molecule has 0 saturated heterocycles. The van der Waals surface area contributed by atoms with Gasteiger partial charge in [0.1, 0.15) is 0 Å². The molecule has 1 unspecified atom stereocenters. The van der Waals surface area contributed by atoms with Crippen LogP contribution in [0.2, 0.25) is 0 Å². The standard InChI is InChI=1S/C23H50N/c1-20(2)12-9-13-21(3)14-10-15-22(4)16-11-17-23(5)18-19-24(6,7)8/h20-23H,9-19H2,1-8H3/q+1/t21-,22-,23?/m0/s1. The Morgan fingerprint density at radius 1 is 0.500 bits per heavy atom. The minimum absolute atomic E-state index is 0.877. The molecule has 0 spiro atoms. The van der Waals surface area contributed by atoms with Gasteiger partial charge in [-0.15, -0.1) is 0 Å². The maximum atomic E-state index is 2.47. The van der Waals surface area contributed by atoms with E-state index in [0.29, 0.717) is 0 Å². The lowest BCUT2D eigenvalue weighted by molar-refractivity contribution is -0.870. The second-order valence-electron chi connectivity index (χ2n) is 10.3. The highest BCUT2D eigenvalue weighted by Crippen LogP contribution is 2.22. The average Bonchev–Trinajstić information content (AvgIpc) is 2.44. The van der Waals surface area contributed by atoms with Crippen molar-refractivity contribution in [3.63, 3.8) is 0 Å². The van der Waals surface area contributed by atoms with Gasteiger partial charge in [-0.25, -0.2) is 0 Å². The lowest BCUT2D eigenvalue weighted by atomic mass is 9.90. The Bertz CT molecular complexity index is 276. The smallest absolute Gasteiger partial charge is 0.0783 e. The molecule has 0 saturated carbocycles. The van der Waals surface area contributed by atoms with Crippen LogP contribution in [0.15, 0.2) is 0 Å². The Morgan fingerprint density at radius 3 is 1.17 bits per heavy atom. The fraction of sp³-hybridized carbons (Fsp3) is 1.00. The van der Waals surface area contributed by atoms with Crippen molar-refractivity contribution in [3.05, 3.63) is 0 Å². The summed E-state index contributed by atoms with van der Waals surface area (Å²) in [5.74, 6) is 3.64. The van der Waals surface area contributed by atoms with Gasteiger partial charge in [-0.1, -0.05) is 92.4 Å². The molecule has 0 rings (SSSR count). The topological polar surface area (TPSA) is 0 Å². The quantitative estimate of drug-likeness (QED) is 0.277. The summed E-state index contributed by atoms with van der Waals surface area (Å²) in [4.78, 5) is 0. The average molecular weight is 341 g/mol. The van der Waals surface area contributed by atoms with E-state index >= 15 is 0 Å². The van der Waals surface area contributed by atoms with E-state index in [4.69, 9.17) is 0 Å². The molecule has 0 heterocycles. The van der Waals surface area contributed by atoms with Gasteiger partial charge in [0, 0.05) is 0 Å². The van der Waals surface area contributed by atoms with Crippen molar-refractivity contribution in [1.29, 1.82) is 0 Å². The van der Waals surface area contributed by atoms with E-state index in [0.717, 1.165) is 28.2 Å². The largest absolute Gasteiger partial charge is 0.331 e. The minimum Gasteiger partial charge on any atom is -0.331 e. The zero-order chi connectivity index (χ0) is 18.6. The van der Waals surface area contributed by atoms with Crippen molar-refractivity contribution in [2.45, 2.75) is 98.8 Å². The van der Waals surface area contributed by atoms with E-state index in [1.165, 1.54) is 70.8 Å². The molecule has 1 nitrogen and oxygen atoms in total. The van der Waals surface area contributed by atoms with Crippen LogP contribution in [-0.2, 0) is 0 Å². The highest BCUT2D eigenvalue weighted by molar-refractivity contribution is 4.61. The molecule has 146 valence electrons. The molecule has 0 aliphatic carbocycles. The monoisotopic (exact) mass is 340 g/mol. The summed E-state index contributed by atoms with van der Waals surface area (Å²) >= 11 is 0. The molecule has 1 heteroatoms. The maximum Gasteiger partial charge on any atom is 0.0783 e. The molecule has 0 aliphatic rings. The van der Waals surface area contributed by atoms with Crippen LogP contribution < -0.4 is 0 Å². The van der Waals surface area contributed by atoms with Crippen LogP contribution in [0.4, 0.5) is 0 Å². The van der Waals surface area contributed by atoms with Gasteiger partial charge in [0.25, 0.3) is 0 Å². The van der Waals surface area contributed by atoms with Crippen molar-refractivity contribution >= 4 is 0 Å². The normalized spacial score (nSPS) is 16.4. The second kappa shape index (κ2) is 13.2. The number of rotatable bonds is 15. The predicted octanol–water partition coefficient (Wildman–Crippen LogP) is 7.16. The highest BCUT2D eigenvalue weighted by atomic mass is 15.3. The van der Waals surface area contributed by atoms with Crippen LogP contribution >= 0.6 is 0 Å². The SMILES string of the molecule is CC(C)CCC[C@H](C)CCC[C@H](C)CCCC(C)CC[N+](C)(C)C. The third-order valence-electron chi connectivity index (χ3n) is 5.56. The lowest BCUT2D eigenvalue weighted by Crippen LogP contribution is -2.36. The molecule has 24 heavy (non-hydrogen) atoms. The first-order valence-electron chi connectivity index (χ1n) is 10.9. The summed E-state index contributed by atoms with van der Waals surface area (Å²) in [6.45, 7) is 13.4. The summed E-state index contributed by atoms with van der Waals surface area (Å²) in [5.41, 5.74) is 0. The Hall–Kier alpha value is -0.0400. The number of quaternary nitrogens is 1. The molecule has 0 bridgehead atoms. The predicted molar refractivity (Wildman–Crippen MR) is 111 cm³/mol. The van der Waals surface area contributed by atoms with E-state index < -0.39 is 0 Å². The second-order valence-corrected chi connectivity index (χ2v) is 10.3. The molecule has 0 radical (unpaired) electrons. The summed E-state index contributed by atoms with van der Waals surface area (Å²) in [6, 6.07) is 0. The molecule has 0 aromatic rings. The van der Waals surface area contributed by atoms with Gasteiger partial charge in [0.15, 0.2) is 0 Å². The van der Waals surface area contributed by atoms with Gasteiger partial charge in [0.05, 0.1) is 27.7 Å². The van der Waals surface area contributed by atoms with E-state index in [1.54, 1.807) is 0 Å². The van der Waals surface area contributed by atoms with Gasteiger partial charge in [-0.3, -0.25) is 0 Å². The van der Waals surface area contributed by atoms with Crippen molar-refractivity contribution in [2.75, 3.05) is 27.7 Å². The van der Waals surface area contributed by atoms with Crippen molar-refractivity contribution < 1.29 is 4.48 Å². The molecule has 0 aromatic heterocycles. The highest BCUT2D eigenvalue weighted by Gasteiger charge is 2.11. The van der Waals surface area contributed by atoms with Crippen molar-refractivity contribution in [3.8, 4) is 0 Å². The van der Waals surface area contributed by atoms with Gasteiger partial charge >= 0.3 is 0 Å². The molecule has 0 fully saturated rings. The third-order valence-corrected chi connectivity index (χ3v) is 5.56. The van der Waals surface area contributed by atoms with Gasteiger partial charge in [-0.2, -0.15) is 0 Å². The Kier molecular flexibility index (Phi) is 13.2. The first-order valence-corrected chi connectivity index (χ1v) is 10.9. The zero-order valence-corrected chi connectivity index (χ0v) is 18.5. The maximum absolute atomic E-state index is 2.47. The van der Waals surface area contributed by atoms with Gasteiger partial charge in [0.2, 0.25) is 0 Å². The van der Waals surface area contributed by atoms with Crippen LogP contribution in [0.1, 0.15) is 98.8 Å². The number of nitrogens with zero attached hydrogens (tertiary/aromatic N) is 1. The Labute approximate surface area is 155 Å². The van der Waals surface area contributed by atoms with Gasteiger partial charge < -0.3 is 4.48 Å². The van der Waals surface area contributed by atoms with E-state index in [-0.39, 0.29) is 0 Å². The number of hydrogen-bond donors (Lipinski definition) is 0. The van der Waals surface area contributed by atoms with Crippen molar-refractivity contribution in [2.24, 2.45) is 23.7 Å². The summed E-state index contributed by atoms with van der Waals surface area (Å²) in [7, 11) is 6.91. The van der Waals surface area contributed by atoms with E-state index in [2.05, 4.69) is 55.8 Å². The molecule has 0 aromatic carbocycles. The van der Waals surface area contributed by atoms with Crippen LogP contribution in [-0.4, -0.2) is 32.2 Å². The summed E-state index contributed by atoms with van der Waals surface area (Å²) in [5, 5.41) is 0. The molecule has 3 atom stereocenters. The fourth-order valence-electron chi connectivity index (χ4n) is 3.54. The van der Waals surface area contributed by atoms with Crippen molar-refractivity contribution in [1.82, 2.24) is 0 Å². The number of hydrogen-bond acceptors (Lipinski definition) is 0. The summed E-state index contributed by atoms with van der Waals surface area (Å²) < 4.78 is 1.11. The van der Waals surface area contributed by atoms with E-state index in [1.807, 2.05) is 0 Å². The molecule has 0 amide bonds. The van der Waals surface area contributed by atoms with Crippen LogP contribution in [0, 0.1) is 23.7 Å². The van der Waals surface area contributed by atoms with Crippen LogP contribution in [0.3, 0.4) is 0 Å². The lowest BCUT2D eigenvalue weighted by Gasteiger charge is -2.25. The zero-order valence-electron chi connectivity index (χ0n) is 18.5. The van der Waals surface area contributed by atoms with Crippen LogP contribution in [0.5, 0.6) is 0 Å². The fourth-order valence-corrected chi connectivity index (χ4v) is 3.54. The minimum atomic E-state index is 0.877. The van der Waals surface area contributed by atoms with Gasteiger partial charge in [-0.05, 0) is 30.1 Å². The Balaban J connectivity index is 3.57. The molecular formula is C23H50N+. The molecular weight excluding hydrogens is 290 g/mol. The molecule has 0 aliphatic heterocycles. The van der Waals surface area contributed by atoms with E-state index in [9.17, 15) is 0 Å². The summed E-state index contributed by atoms with van der Waals surface area (Å²) in [6.07, 6.45) is 14.3. The first-order chi connectivity index (χ1) is 11.1.